The van der Waals surface area contributed by atoms with Crippen LogP contribution in [0.5, 0.6) is 0 Å². The summed E-state index contributed by atoms with van der Waals surface area (Å²) < 4.78 is 39.5. The third-order valence-electron chi connectivity index (χ3n) is 3.67. The molecule has 1 atom stereocenters. The summed E-state index contributed by atoms with van der Waals surface area (Å²) >= 11 is 0. The fourth-order valence-electron chi connectivity index (χ4n) is 2.43. The molecule has 0 bridgehead atoms. The molecule has 2 rings (SSSR count). The average molecular weight is 314 g/mol. The van der Waals surface area contributed by atoms with Crippen molar-refractivity contribution in [2.75, 3.05) is 13.1 Å². The Hall–Kier alpha value is -2.05. The number of hydrogen-bond acceptors (Lipinski definition) is 2. The molecule has 1 heterocycles. The molecule has 4 nitrogen and oxygen atoms in total. The van der Waals surface area contributed by atoms with Gasteiger partial charge in [0.1, 0.15) is 6.04 Å². The van der Waals surface area contributed by atoms with E-state index in [1.165, 1.54) is 6.92 Å². The van der Waals surface area contributed by atoms with Gasteiger partial charge in [0.15, 0.2) is 17.5 Å². The molecular formula is C15H17F3N2O2. The molecule has 1 aromatic rings. The van der Waals surface area contributed by atoms with E-state index in [4.69, 9.17) is 0 Å². The predicted octanol–water partition coefficient (Wildman–Crippen LogP) is 2.23. The fourth-order valence-corrected chi connectivity index (χ4v) is 2.43. The molecule has 0 aromatic heterocycles. The summed E-state index contributed by atoms with van der Waals surface area (Å²) in [5, 5.41) is 2.32. The van der Waals surface area contributed by atoms with Gasteiger partial charge >= 0.3 is 0 Å². The predicted molar refractivity (Wildman–Crippen MR) is 73.7 cm³/mol. The Morgan fingerprint density at radius 3 is 2.36 bits per heavy atom. The Bertz CT molecular complexity index is 586. The van der Waals surface area contributed by atoms with E-state index in [-0.39, 0.29) is 5.91 Å². The number of nitrogens with one attached hydrogen (secondary N) is 1. The van der Waals surface area contributed by atoms with Crippen LogP contribution in [0.15, 0.2) is 12.1 Å². The summed E-state index contributed by atoms with van der Waals surface area (Å²) in [6, 6.07) is 0.657. The van der Waals surface area contributed by atoms with Crippen LogP contribution in [0.2, 0.25) is 0 Å². The van der Waals surface area contributed by atoms with E-state index in [0.717, 1.165) is 25.3 Å². The summed E-state index contributed by atoms with van der Waals surface area (Å²) in [5.41, 5.74) is -0.628. The zero-order valence-electron chi connectivity index (χ0n) is 12.2. The van der Waals surface area contributed by atoms with Gasteiger partial charge in [-0.3, -0.25) is 9.59 Å². The Morgan fingerprint density at radius 1 is 1.09 bits per heavy atom. The number of piperidine rings is 1. The Balaban J connectivity index is 2.05. The van der Waals surface area contributed by atoms with Crippen LogP contribution in [-0.4, -0.2) is 35.8 Å². The van der Waals surface area contributed by atoms with E-state index in [9.17, 15) is 22.8 Å². The summed E-state index contributed by atoms with van der Waals surface area (Å²) in [7, 11) is 0. The van der Waals surface area contributed by atoms with Crippen LogP contribution in [0.25, 0.3) is 0 Å². The SMILES string of the molecule is C[C@@H](NC(=O)c1ccc(F)c(F)c1F)C(=O)N1CCCCC1. The van der Waals surface area contributed by atoms with E-state index in [1.54, 1.807) is 4.90 Å². The first-order valence-corrected chi connectivity index (χ1v) is 7.15. The van der Waals surface area contributed by atoms with Crippen molar-refractivity contribution < 1.29 is 22.8 Å². The van der Waals surface area contributed by atoms with Crippen LogP contribution in [0.1, 0.15) is 36.5 Å². The van der Waals surface area contributed by atoms with Gasteiger partial charge < -0.3 is 10.2 Å². The van der Waals surface area contributed by atoms with Gasteiger partial charge in [-0.1, -0.05) is 0 Å². The van der Waals surface area contributed by atoms with Gasteiger partial charge in [0.2, 0.25) is 5.91 Å². The van der Waals surface area contributed by atoms with Crippen LogP contribution in [0.4, 0.5) is 13.2 Å². The molecular weight excluding hydrogens is 297 g/mol. The zero-order valence-corrected chi connectivity index (χ0v) is 12.2. The van der Waals surface area contributed by atoms with Crippen molar-refractivity contribution in [3.63, 3.8) is 0 Å². The van der Waals surface area contributed by atoms with Gasteiger partial charge in [0.25, 0.3) is 5.91 Å². The molecule has 0 aliphatic carbocycles. The largest absolute Gasteiger partial charge is 0.341 e. The van der Waals surface area contributed by atoms with Gasteiger partial charge in [-0.2, -0.15) is 0 Å². The lowest BCUT2D eigenvalue weighted by Crippen LogP contribution is -2.48. The first-order valence-electron chi connectivity index (χ1n) is 7.15. The lowest BCUT2D eigenvalue weighted by molar-refractivity contribution is -0.133. The molecule has 7 heteroatoms. The average Bonchev–Trinajstić information content (AvgIpc) is 2.52. The number of likely N-dealkylation sites (tertiary alicyclic amines) is 1. The van der Waals surface area contributed by atoms with Crippen LogP contribution in [0, 0.1) is 17.5 Å². The van der Waals surface area contributed by atoms with E-state index >= 15 is 0 Å². The lowest BCUT2D eigenvalue weighted by atomic mass is 10.1. The minimum atomic E-state index is -1.71. The molecule has 1 aliphatic heterocycles. The highest BCUT2D eigenvalue weighted by Crippen LogP contribution is 2.15. The molecule has 120 valence electrons. The first kappa shape index (κ1) is 16.3. The van der Waals surface area contributed by atoms with Crippen molar-refractivity contribution in [2.24, 2.45) is 0 Å². The fraction of sp³-hybridized carbons (Fsp3) is 0.467. The van der Waals surface area contributed by atoms with E-state index in [0.29, 0.717) is 19.2 Å². The molecule has 22 heavy (non-hydrogen) atoms. The number of amides is 2. The monoisotopic (exact) mass is 314 g/mol. The third kappa shape index (κ3) is 3.40. The van der Waals surface area contributed by atoms with E-state index in [1.807, 2.05) is 0 Å². The third-order valence-corrected chi connectivity index (χ3v) is 3.67. The molecule has 0 unspecified atom stereocenters. The number of hydrogen-bond donors (Lipinski definition) is 1. The number of halogens is 3. The van der Waals surface area contributed by atoms with Crippen molar-refractivity contribution in [2.45, 2.75) is 32.2 Å². The van der Waals surface area contributed by atoms with Crippen molar-refractivity contribution in [3.8, 4) is 0 Å². The number of nitrogens with zero attached hydrogens (tertiary/aromatic N) is 1. The van der Waals surface area contributed by atoms with Gasteiger partial charge in [0, 0.05) is 13.1 Å². The lowest BCUT2D eigenvalue weighted by Gasteiger charge is -2.29. The Morgan fingerprint density at radius 2 is 1.73 bits per heavy atom. The second kappa shape index (κ2) is 6.81. The maximum atomic E-state index is 13.5. The number of benzene rings is 1. The Labute approximate surface area is 126 Å². The highest BCUT2D eigenvalue weighted by atomic mass is 19.2. The highest BCUT2D eigenvalue weighted by molar-refractivity contribution is 5.97. The van der Waals surface area contributed by atoms with Gasteiger partial charge in [-0.15, -0.1) is 0 Å². The number of carbonyl (C=O) groups is 2. The molecule has 2 amide bonds. The van der Waals surface area contributed by atoms with Gasteiger partial charge in [-0.25, -0.2) is 13.2 Å². The van der Waals surface area contributed by atoms with E-state index in [2.05, 4.69) is 5.32 Å². The molecule has 1 aromatic carbocycles. The second-order valence-corrected chi connectivity index (χ2v) is 5.30. The smallest absolute Gasteiger partial charge is 0.255 e. The summed E-state index contributed by atoms with van der Waals surface area (Å²) in [6.07, 6.45) is 2.87. The molecule has 1 fully saturated rings. The Kier molecular flexibility index (Phi) is 5.05. The van der Waals surface area contributed by atoms with Crippen LogP contribution in [0.3, 0.4) is 0 Å². The van der Waals surface area contributed by atoms with Gasteiger partial charge in [0.05, 0.1) is 5.56 Å². The van der Waals surface area contributed by atoms with Crippen LogP contribution < -0.4 is 5.32 Å². The molecule has 0 saturated carbocycles. The normalized spacial score (nSPS) is 16.3. The highest BCUT2D eigenvalue weighted by Gasteiger charge is 2.25. The summed E-state index contributed by atoms with van der Waals surface area (Å²) in [6.45, 7) is 2.73. The first-order chi connectivity index (χ1) is 10.4. The molecule has 0 radical (unpaired) electrons. The maximum absolute atomic E-state index is 13.5. The molecule has 1 saturated heterocycles. The molecule has 1 aliphatic rings. The van der Waals surface area contributed by atoms with E-state index < -0.39 is 35.0 Å². The maximum Gasteiger partial charge on any atom is 0.255 e. The minimum absolute atomic E-state index is 0.268. The summed E-state index contributed by atoms with van der Waals surface area (Å²) in [5.74, 6) is -5.85. The quantitative estimate of drug-likeness (QED) is 0.870. The van der Waals surface area contributed by atoms with Crippen molar-refractivity contribution >= 4 is 11.8 Å². The molecule has 1 N–H and O–H groups in total. The van der Waals surface area contributed by atoms with Crippen LogP contribution in [-0.2, 0) is 4.79 Å². The summed E-state index contributed by atoms with van der Waals surface area (Å²) in [4.78, 5) is 25.7. The van der Waals surface area contributed by atoms with Crippen molar-refractivity contribution in [1.29, 1.82) is 0 Å². The molecule has 0 spiro atoms. The second-order valence-electron chi connectivity index (χ2n) is 5.30. The van der Waals surface area contributed by atoms with Crippen molar-refractivity contribution in [1.82, 2.24) is 10.2 Å². The zero-order chi connectivity index (χ0) is 16.3. The van der Waals surface area contributed by atoms with Gasteiger partial charge in [-0.05, 0) is 38.3 Å². The number of carbonyl (C=O) groups excluding carboxylic acids is 2. The van der Waals surface area contributed by atoms with Crippen molar-refractivity contribution in [3.05, 3.63) is 35.1 Å². The number of rotatable bonds is 3. The minimum Gasteiger partial charge on any atom is -0.341 e. The standard InChI is InChI=1S/C15H17F3N2O2/c1-9(15(22)20-7-3-2-4-8-20)19-14(21)10-5-6-11(16)13(18)12(10)17/h5-6,9H,2-4,7-8H2,1H3,(H,19,21)/t9-/m1/s1. The topological polar surface area (TPSA) is 49.4 Å². The van der Waals surface area contributed by atoms with Crippen LogP contribution >= 0.6 is 0 Å².